The lowest BCUT2D eigenvalue weighted by molar-refractivity contribution is -0.384. The molecule has 3 aromatic rings. The van der Waals surface area contributed by atoms with Gasteiger partial charge in [-0.25, -0.2) is 13.6 Å². The fourth-order valence-electron chi connectivity index (χ4n) is 2.60. The number of hydrogen-bond donors (Lipinski definition) is 4. The molecule has 0 bridgehead atoms. The third-order valence-corrected chi connectivity index (χ3v) is 4.92. The summed E-state index contributed by atoms with van der Waals surface area (Å²) >= 11 is 0. The standard InChI is InChI=1S/C16H13N5O7S/c17-29(27,28)11-3-1-8(2-4-11)14(22)18-7-9-5-10(21(25)26)6-12-13(9)20-16(24)15(23)19-12/h1-6H,7H2,(H,18,22)(H,19,23)(H,20,24)(H2,17,27,28). The molecule has 29 heavy (non-hydrogen) atoms. The molecule has 0 aliphatic rings. The lowest BCUT2D eigenvalue weighted by Gasteiger charge is -2.09. The Morgan fingerprint density at radius 1 is 1.10 bits per heavy atom. The van der Waals surface area contributed by atoms with Crippen molar-refractivity contribution in [2.24, 2.45) is 5.14 Å². The van der Waals surface area contributed by atoms with E-state index in [-0.39, 0.29) is 39.3 Å². The molecule has 0 spiro atoms. The number of rotatable bonds is 5. The third-order valence-electron chi connectivity index (χ3n) is 3.99. The molecule has 12 nitrogen and oxygen atoms in total. The van der Waals surface area contributed by atoms with Crippen LogP contribution in [0.25, 0.3) is 11.0 Å². The predicted octanol–water partition coefficient (Wildman–Crippen LogP) is -0.298. The molecule has 150 valence electrons. The van der Waals surface area contributed by atoms with E-state index in [0.29, 0.717) is 0 Å². The van der Waals surface area contributed by atoms with Gasteiger partial charge in [-0.1, -0.05) is 0 Å². The third kappa shape index (κ3) is 4.20. The second-order valence-corrected chi connectivity index (χ2v) is 7.51. The van der Waals surface area contributed by atoms with Crippen LogP contribution in [0.1, 0.15) is 15.9 Å². The van der Waals surface area contributed by atoms with Gasteiger partial charge in [-0.15, -0.1) is 0 Å². The monoisotopic (exact) mass is 419 g/mol. The molecule has 1 aromatic heterocycles. The molecule has 1 heterocycles. The summed E-state index contributed by atoms with van der Waals surface area (Å²) in [5, 5.41) is 18.6. The maximum Gasteiger partial charge on any atom is 0.314 e. The molecule has 1 amide bonds. The van der Waals surface area contributed by atoms with Crippen LogP contribution in [0.2, 0.25) is 0 Å². The topological polar surface area (TPSA) is 198 Å². The van der Waals surface area contributed by atoms with Gasteiger partial charge in [-0.2, -0.15) is 0 Å². The number of nitrogens with two attached hydrogens (primary N) is 1. The zero-order valence-electron chi connectivity index (χ0n) is 14.5. The molecule has 0 saturated heterocycles. The molecule has 13 heteroatoms. The number of nitrogens with zero attached hydrogens (tertiary/aromatic N) is 1. The van der Waals surface area contributed by atoms with E-state index in [1.165, 1.54) is 12.1 Å². The molecule has 2 aromatic carbocycles. The number of H-pyrrole nitrogens is 2. The minimum atomic E-state index is -3.90. The molecule has 0 aliphatic heterocycles. The first kappa shape index (κ1) is 19.9. The Kier molecular flexibility index (Phi) is 5.01. The number of amides is 1. The highest BCUT2D eigenvalue weighted by Gasteiger charge is 2.15. The van der Waals surface area contributed by atoms with Crippen LogP contribution in [-0.2, 0) is 16.6 Å². The Morgan fingerprint density at radius 2 is 1.72 bits per heavy atom. The van der Waals surface area contributed by atoms with Crippen LogP contribution in [0.15, 0.2) is 50.9 Å². The van der Waals surface area contributed by atoms with Crippen molar-refractivity contribution in [2.75, 3.05) is 0 Å². The molecule has 0 aliphatic carbocycles. The van der Waals surface area contributed by atoms with Crippen molar-refractivity contribution in [3.63, 3.8) is 0 Å². The summed E-state index contributed by atoms with van der Waals surface area (Å²) in [5.74, 6) is -0.600. The van der Waals surface area contributed by atoms with Gasteiger partial charge < -0.3 is 15.3 Å². The predicted molar refractivity (Wildman–Crippen MR) is 101 cm³/mol. The number of carbonyl (C=O) groups excluding carboxylic acids is 1. The Labute approximate surface area is 161 Å². The minimum Gasteiger partial charge on any atom is -0.348 e. The number of nitro groups is 1. The van der Waals surface area contributed by atoms with E-state index in [2.05, 4.69) is 15.3 Å². The van der Waals surface area contributed by atoms with E-state index in [1.807, 2.05) is 0 Å². The number of fused-ring (bicyclic) bond motifs is 1. The van der Waals surface area contributed by atoms with Gasteiger partial charge in [0.1, 0.15) is 0 Å². The van der Waals surface area contributed by atoms with E-state index in [9.17, 15) is 32.9 Å². The van der Waals surface area contributed by atoms with Crippen LogP contribution in [0.4, 0.5) is 5.69 Å². The summed E-state index contributed by atoms with van der Waals surface area (Å²) in [5.41, 5.74) is -1.79. The number of nitrogens with one attached hydrogen (secondary N) is 3. The summed E-state index contributed by atoms with van der Waals surface area (Å²) < 4.78 is 22.5. The molecule has 0 fully saturated rings. The van der Waals surface area contributed by atoms with Gasteiger partial charge in [-0.3, -0.25) is 24.5 Å². The molecule has 3 rings (SSSR count). The summed E-state index contributed by atoms with van der Waals surface area (Å²) in [6, 6.07) is 7.06. The second kappa shape index (κ2) is 7.29. The Bertz CT molecular complexity index is 1360. The van der Waals surface area contributed by atoms with Crippen LogP contribution in [0.3, 0.4) is 0 Å². The van der Waals surface area contributed by atoms with Crippen molar-refractivity contribution in [1.29, 1.82) is 0 Å². The zero-order valence-corrected chi connectivity index (χ0v) is 15.3. The van der Waals surface area contributed by atoms with Crippen molar-refractivity contribution in [3.8, 4) is 0 Å². The average molecular weight is 419 g/mol. The van der Waals surface area contributed by atoms with Gasteiger partial charge in [0, 0.05) is 29.8 Å². The number of primary sulfonamides is 1. The van der Waals surface area contributed by atoms with Gasteiger partial charge in [0.2, 0.25) is 10.0 Å². The van der Waals surface area contributed by atoms with Crippen molar-refractivity contribution in [3.05, 3.63) is 78.3 Å². The summed E-state index contributed by atoms with van der Waals surface area (Å²) in [6.07, 6.45) is 0. The van der Waals surface area contributed by atoms with Crippen LogP contribution in [0.5, 0.6) is 0 Å². The van der Waals surface area contributed by atoms with E-state index >= 15 is 0 Å². The number of non-ortho nitro benzene ring substituents is 1. The van der Waals surface area contributed by atoms with E-state index < -0.39 is 32.0 Å². The first-order chi connectivity index (χ1) is 13.6. The number of carbonyl (C=O) groups is 1. The number of aromatic amines is 2. The highest BCUT2D eigenvalue weighted by molar-refractivity contribution is 7.89. The highest BCUT2D eigenvalue weighted by atomic mass is 32.2. The van der Waals surface area contributed by atoms with Crippen LogP contribution >= 0.6 is 0 Å². The SMILES string of the molecule is NS(=O)(=O)c1ccc(C(=O)NCc2cc([N+](=O)[O-])cc3[nH]c(=O)c(=O)[nH]c23)cc1. The van der Waals surface area contributed by atoms with Crippen molar-refractivity contribution in [1.82, 2.24) is 15.3 Å². The highest BCUT2D eigenvalue weighted by Crippen LogP contribution is 2.21. The smallest absolute Gasteiger partial charge is 0.314 e. The largest absolute Gasteiger partial charge is 0.348 e. The van der Waals surface area contributed by atoms with Gasteiger partial charge in [0.25, 0.3) is 11.6 Å². The summed E-state index contributed by atoms with van der Waals surface area (Å²) in [7, 11) is -3.90. The Hall–Kier alpha value is -3.84. The van der Waals surface area contributed by atoms with Crippen LogP contribution < -0.4 is 21.6 Å². The first-order valence-electron chi connectivity index (χ1n) is 7.91. The lowest BCUT2D eigenvalue weighted by Crippen LogP contribution is -2.30. The molecule has 0 saturated carbocycles. The molecule has 5 N–H and O–H groups in total. The van der Waals surface area contributed by atoms with Gasteiger partial charge in [0.05, 0.1) is 20.9 Å². The van der Waals surface area contributed by atoms with E-state index in [4.69, 9.17) is 5.14 Å². The van der Waals surface area contributed by atoms with Crippen molar-refractivity contribution in [2.45, 2.75) is 11.4 Å². The van der Waals surface area contributed by atoms with Crippen LogP contribution in [0, 0.1) is 10.1 Å². The first-order valence-corrected chi connectivity index (χ1v) is 9.45. The maximum absolute atomic E-state index is 12.3. The van der Waals surface area contributed by atoms with Crippen LogP contribution in [-0.4, -0.2) is 29.2 Å². The number of nitro benzene ring substituents is 1. The normalized spacial score (nSPS) is 11.3. The number of hydrogen-bond acceptors (Lipinski definition) is 7. The minimum absolute atomic E-state index is 0.0329. The number of aromatic nitrogens is 2. The van der Waals surface area contributed by atoms with Gasteiger partial charge in [-0.05, 0) is 24.3 Å². The fraction of sp³-hybridized carbons (Fsp3) is 0.0625. The van der Waals surface area contributed by atoms with Gasteiger partial charge in [0.15, 0.2) is 0 Å². The van der Waals surface area contributed by atoms with Gasteiger partial charge >= 0.3 is 11.1 Å². The zero-order chi connectivity index (χ0) is 21.3. The molecule has 0 radical (unpaired) electrons. The summed E-state index contributed by atoms with van der Waals surface area (Å²) in [6.45, 7) is -0.212. The Morgan fingerprint density at radius 3 is 2.31 bits per heavy atom. The van der Waals surface area contributed by atoms with Crippen molar-refractivity contribution < 1.29 is 18.1 Å². The molecule has 0 unspecified atom stereocenters. The molecular weight excluding hydrogens is 406 g/mol. The van der Waals surface area contributed by atoms with Crippen molar-refractivity contribution >= 4 is 32.7 Å². The fourth-order valence-corrected chi connectivity index (χ4v) is 3.11. The quantitative estimate of drug-likeness (QED) is 0.247. The molecule has 0 atom stereocenters. The number of sulfonamides is 1. The second-order valence-electron chi connectivity index (χ2n) is 5.94. The average Bonchev–Trinajstić information content (AvgIpc) is 2.66. The maximum atomic E-state index is 12.3. The van der Waals surface area contributed by atoms with E-state index in [1.54, 1.807) is 0 Å². The van der Waals surface area contributed by atoms with E-state index in [0.717, 1.165) is 24.3 Å². The number of benzene rings is 2. The summed E-state index contributed by atoms with van der Waals surface area (Å²) in [4.78, 5) is 50.2. The molecular formula is C16H13N5O7S. The Balaban J connectivity index is 1.92. The lowest BCUT2D eigenvalue weighted by atomic mass is 10.1.